The summed E-state index contributed by atoms with van der Waals surface area (Å²) >= 11 is 1.51. The zero-order valence-electron chi connectivity index (χ0n) is 9.37. The maximum atomic E-state index is 5.97. The average molecular weight is 255 g/mol. The number of ether oxygens (including phenoxy) is 2. The van der Waals surface area contributed by atoms with Crippen LogP contribution in [0.3, 0.4) is 0 Å². The summed E-state index contributed by atoms with van der Waals surface area (Å²) in [6, 6.07) is 0.0182. The number of aromatic nitrogens is 4. The Bertz CT molecular complexity index is 524. The molecule has 3 heterocycles. The molecule has 92 valence electrons. The molecule has 2 unspecified atom stereocenters. The molecule has 7 nitrogen and oxygen atoms in total. The molecule has 2 N–H and O–H groups in total. The van der Waals surface area contributed by atoms with Crippen LogP contribution in [-0.4, -0.2) is 46.2 Å². The van der Waals surface area contributed by atoms with Crippen LogP contribution in [0.25, 0.3) is 4.96 Å². The molecule has 0 aromatic carbocycles. The summed E-state index contributed by atoms with van der Waals surface area (Å²) in [4.78, 5) is 0.770. The Morgan fingerprint density at radius 2 is 2.41 bits per heavy atom. The van der Waals surface area contributed by atoms with Gasteiger partial charge in [0.15, 0.2) is 5.82 Å². The van der Waals surface area contributed by atoms with Crippen molar-refractivity contribution in [1.82, 2.24) is 19.8 Å². The monoisotopic (exact) mass is 255 g/mol. The normalized spacial score (nSPS) is 24.8. The molecule has 2 aromatic heterocycles. The van der Waals surface area contributed by atoms with Gasteiger partial charge in [0.05, 0.1) is 19.1 Å². The van der Waals surface area contributed by atoms with E-state index in [0.717, 1.165) is 9.97 Å². The second-order valence-corrected chi connectivity index (χ2v) is 4.98. The lowest BCUT2D eigenvalue weighted by molar-refractivity contribution is 0.176. The molecule has 0 radical (unpaired) electrons. The Kier molecular flexibility index (Phi) is 2.79. The predicted octanol–water partition coefficient (Wildman–Crippen LogP) is -0.227. The molecule has 8 heteroatoms. The highest BCUT2D eigenvalue weighted by atomic mass is 32.1. The van der Waals surface area contributed by atoms with Crippen molar-refractivity contribution < 1.29 is 9.47 Å². The third kappa shape index (κ3) is 1.82. The SMILES string of the molecule is COCc1nnc2sc(C3COCC3N)nn12. The number of nitrogens with two attached hydrogens (primary N) is 1. The molecule has 1 aliphatic heterocycles. The lowest BCUT2D eigenvalue weighted by Crippen LogP contribution is -2.26. The zero-order valence-corrected chi connectivity index (χ0v) is 10.2. The first kappa shape index (κ1) is 11.0. The smallest absolute Gasteiger partial charge is 0.234 e. The minimum Gasteiger partial charge on any atom is -0.379 e. The molecule has 0 spiro atoms. The number of methoxy groups -OCH3 is 1. The van der Waals surface area contributed by atoms with Gasteiger partial charge in [0.25, 0.3) is 0 Å². The minimum absolute atomic E-state index is 0.0182. The minimum atomic E-state index is 0.0182. The quantitative estimate of drug-likeness (QED) is 0.815. The van der Waals surface area contributed by atoms with E-state index in [0.29, 0.717) is 25.6 Å². The van der Waals surface area contributed by atoms with E-state index < -0.39 is 0 Å². The molecule has 0 amide bonds. The summed E-state index contributed by atoms with van der Waals surface area (Å²) in [5.74, 6) is 0.870. The highest BCUT2D eigenvalue weighted by Crippen LogP contribution is 2.28. The second kappa shape index (κ2) is 4.30. The Labute approximate surface area is 102 Å². The van der Waals surface area contributed by atoms with E-state index in [1.54, 1.807) is 11.6 Å². The number of rotatable bonds is 3. The van der Waals surface area contributed by atoms with Crippen LogP contribution in [0, 0.1) is 0 Å². The largest absolute Gasteiger partial charge is 0.379 e. The van der Waals surface area contributed by atoms with Gasteiger partial charge in [-0.15, -0.1) is 10.2 Å². The first-order valence-corrected chi connectivity index (χ1v) is 6.14. The van der Waals surface area contributed by atoms with Crippen molar-refractivity contribution in [2.75, 3.05) is 20.3 Å². The summed E-state index contributed by atoms with van der Waals surface area (Å²) in [6.45, 7) is 1.62. The van der Waals surface area contributed by atoms with Gasteiger partial charge in [-0.05, 0) is 0 Å². The maximum Gasteiger partial charge on any atom is 0.234 e. The number of hydrogen-bond acceptors (Lipinski definition) is 7. The lowest BCUT2D eigenvalue weighted by atomic mass is 10.1. The summed E-state index contributed by atoms with van der Waals surface area (Å²) < 4.78 is 12.1. The predicted molar refractivity (Wildman–Crippen MR) is 60.9 cm³/mol. The van der Waals surface area contributed by atoms with Crippen LogP contribution >= 0.6 is 11.3 Å². The average Bonchev–Trinajstić information content (AvgIpc) is 2.95. The Balaban J connectivity index is 1.96. The fourth-order valence-electron chi connectivity index (χ4n) is 1.87. The third-order valence-corrected chi connectivity index (χ3v) is 3.82. The molecule has 0 bridgehead atoms. The third-order valence-electron chi connectivity index (χ3n) is 2.79. The zero-order chi connectivity index (χ0) is 11.8. The van der Waals surface area contributed by atoms with Gasteiger partial charge in [-0.3, -0.25) is 0 Å². The van der Waals surface area contributed by atoms with Crippen LogP contribution in [0.5, 0.6) is 0 Å². The molecule has 0 saturated carbocycles. The van der Waals surface area contributed by atoms with Crippen molar-refractivity contribution >= 4 is 16.3 Å². The molecule has 0 aliphatic carbocycles. The Morgan fingerprint density at radius 1 is 1.53 bits per heavy atom. The van der Waals surface area contributed by atoms with Gasteiger partial charge >= 0.3 is 0 Å². The molecule has 2 atom stereocenters. The van der Waals surface area contributed by atoms with Crippen LogP contribution in [0.1, 0.15) is 16.7 Å². The molecule has 3 rings (SSSR count). The second-order valence-electron chi connectivity index (χ2n) is 3.99. The first-order valence-electron chi connectivity index (χ1n) is 5.33. The number of nitrogens with zero attached hydrogens (tertiary/aromatic N) is 4. The molecule has 1 aliphatic rings. The highest BCUT2D eigenvalue weighted by molar-refractivity contribution is 7.16. The van der Waals surface area contributed by atoms with Crippen molar-refractivity contribution in [2.24, 2.45) is 5.73 Å². The van der Waals surface area contributed by atoms with E-state index in [2.05, 4.69) is 15.3 Å². The van der Waals surface area contributed by atoms with Crippen LogP contribution in [-0.2, 0) is 16.1 Å². The molecule has 17 heavy (non-hydrogen) atoms. The van der Waals surface area contributed by atoms with Gasteiger partial charge < -0.3 is 15.2 Å². The standard InChI is InChI=1S/C9H13N5O2S/c1-15-4-7-11-12-9-14(7)13-8(17-9)5-2-16-3-6(5)10/h5-6H,2-4,10H2,1H3. The number of fused-ring (bicyclic) bond motifs is 1. The van der Waals surface area contributed by atoms with E-state index in [-0.39, 0.29) is 12.0 Å². The number of hydrogen-bond donors (Lipinski definition) is 1. The Hall–Kier alpha value is -1.09. The molecule has 2 aromatic rings. The topological polar surface area (TPSA) is 87.6 Å². The lowest BCUT2D eigenvalue weighted by Gasteiger charge is -2.07. The van der Waals surface area contributed by atoms with Gasteiger partial charge in [0.1, 0.15) is 11.6 Å². The Morgan fingerprint density at radius 3 is 3.12 bits per heavy atom. The summed E-state index contributed by atoms with van der Waals surface area (Å²) in [7, 11) is 1.62. The fourth-order valence-corrected chi connectivity index (χ4v) is 2.88. The van der Waals surface area contributed by atoms with Gasteiger partial charge in [0, 0.05) is 13.2 Å². The van der Waals surface area contributed by atoms with Crippen LogP contribution < -0.4 is 5.73 Å². The van der Waals surface area contributed by atoms with Crippen LogP contribution in [0.15, 0.2) is 0 Å². The van der Waals surface area contributed by atoms with Crippen molar-refractivity contribution in [3.8, 4) is 0 Å². The first-order chi connectivity index (χ1) is 8.29. The van der Waals surface area contributed by atoms with E-state index in [4.69, 9.17) is 15.2 Å². The van der Waals surface area contributed by atoms with Crippen molar-refractivity contribution in [3.63, 3.8) is 0 Å². The van der Waals surface area contributed by atoms with E-state index in [1.807, 2.05) is 0 Å². The maximum absolute atomic E-state index is 5.97. The summed E-state index contributed by atoms with van der Waals surface area (Å²) in [5.41, 5.74) is 5.97. The van der Waals surface area contributed by atoms with Gasteiger partial charge in [-0.25, -0.2) is 0 Å². The molecular weight excluding hydrogens is 242 g/mol. The van der Waals surface area contributed by atoms with Gasteiger partial charge in [0.2, 0.25) is 4.96 Å². The van der Waals surface area contributed by atoms with Crippen LogP contribution in [0.2, 0.25) is 0 Å². The fraction of sp³-hybridized carbons (Fsp3) is 0.667. The van der Waals surface area contributed by atoms with E-state index in [1.165, 1.54) is 11.3 Å². The van der Waals surface area contributed by atoms with Crippen molar-refractivity contribution in [3.05, 3.63) is 10.8 Å². The van der Waals surface area contributed by atoms with E-state index >= 15 is 0 Å². The molecular formula is C9H13N5O2S. The van der Waals surface area contributed by atoms with Gasteiger partial charge in [-0.1, -0.05) is 11.3 Å². The highest BCUT2D eigenvalue weighted by Gasteiger charge is 2.30. The van der Waals surface area contributed by atoms with Gasteiger partial charge in [-0.2, -0.15) is 9.61 Å². The van der Waals surface area contributed by atoms with Crippen molar-refractivity contribution in [2.45, 2.75) is 18.6 Å². The van der Waals surface area contributed by atoms with Crippen molar-refractivity contribution in [1.29, 1.82) is 0 Å². The summed E-state index contributed by atoms with van der Waals surface area (Å²) in [5, 5.41) is 13.5. The molecule has 1 saturated heterocycles. The van der Waals surface area contributed by atoms with E-state index in [9.17, 15) is 0 Å². The summed E-state index contributed by atoms with van der Waals surface area (Å²) in [6.07, 6.45) is 0. The van der Waals surface area contributed by atoms with Crippen LogP contribution in [0.4, 0.5) is 0 Å². The molecule has 1 fully saturated rings.